The molecule has 0 fully saturated rings. The summed E-state index contributed by atoms with van der Waals surface area (Å²) in [6.45, 7) is 11.2. The van der Waals surface area contributed by atoms with E-state index in [1.807, 2.05) is 44.2 Å². The number of hydrogen-bond donors (Lipinski definition) is 0. The van der Waals surface area contributed by atoms with Gasteiger partial charge < -0.3 is 9.47 Å². The molecule has 2 aromatic carbocycles. The van der Waals surface area contributed by atoms with Gasteiger partial charge in [0.15, 0.2) is 5.78 Å². The monoisotopic (exact) mass is 537 g/mol. The van der Waals surface area contributed by atoms with Gasteiger partial charge in [-0.25, -0.2) is 4.31 Å². The van der Waals surface area contributed by atoms with Crippen molar-refractivity contribution in [2.24, 2.45) is 5.41 Å². The number of fused-ring (bicyclic) bond motifs is 1. The molecular weight excluding hydrogens is 502 g/mol. The van der Waals surface area contributed by atoms with Crippen LogP contribution in [-0.2, 0) is 16.1 Å². The van der Waals surface area contributed by atoms with E-state index < -0.39 is 5.41 Å². The molecule has 0 saturated carbocycles. The number of methoxy groups -OCH3 is 1. The molecule has 0 saturated heterocycles. The molecule has 0 radical (unpaired) electrons. The number of benzene rings is 2. The largest absolute Gasteiger partial charge is 0.488 e. The maximum absolute atomic E-state index is 12.9. The molecule has 2 atom stereocenters. The number of aryl methyl sites for hydroxylation is 1. The summed E-state index contributed by atoms with van der Waals surface area (Å²) in [5.74, 6) is 0.439. The standard InChI is InChI=1S/C30H35NO4S2/c1-7-23-18-31(37-26-11-9-8-10-24(26)35-23)17-22-16-21(13-12-19(22)2)28(30(4,5)29(33)34-6)27-15-14-25(36-27)20(3)32/h8-16,23,28H,7,17-18H2,1-6H3/t23-,28?/m1/s1. The van der Waals surface area contributed by atoms with E-state index in [-0.39, 0.29) is 23.8 Å². The van der Waals surface area contributed by atoms with E-state index >= 15 is 0 Å². The first-order valence-electron chi connectivity index (χ1n) is 12.6. The molecule has 1 aliphatic heterocycles. The molecule has 4 rings (SSSR count). The van der Waals surface area contributed by atoms with Crippen LogP contribution >= 0.6 is 23.3 Å². The Bertz CT molecular complexity index is 1280. The van der Waals surface area contributed by atoms with Gasteiger partial charge in [0.05, 0.1) is 22.3 Å². The van der Waals surface area contributed by atoms with Crippen molar-refractivity contribution in [3.63, 3.8) is 0 Å². The Balaban J connectivity index is 1.72. The van der Waals surface area contributed by atoms with Crippen molar-refractivity contribution >= 4 is 35.0 Å². The maximum Gasteiger partial charge on any atom is 0.312 e. The summed E-state index contributed by atoms with van der Waals surface area (Å²) in [4.78, 5) is 27.8. The molecule has 0 N–H and O–H groups in total. The van der Waals surface area contributed by atoms with E-state index in [4.69, 9.17) is 9.47 Å². The lowest BCUT2D eigenvalue weighted by molar-refractivity contribution is -0.151. The highest BCUT2D eigenvalue weighted by molar-refractivity contribution is 7.97. The maximum atomic E-state index is 12.9. The van der Waals surface area contributed by atoms with Gasteiger partial charge in [0.1, 0.15) is 11.9 Å². The van der Waals surface area contributed by atoms with Crippen LogP contribution < -0.4 is 4.74 Å². The number of nitrogens with zero attached hydrogens (tertiary/aromatic N) is 1. The van der Waals surface area contributed by atoms with Crippen LogP contribution in [0.2, 0.25) is 0 Å². The van der Waals surface area contributed by atoms with Crippen LogP contribution in [-0.4, -0.2) is 35.8 Å². The Morgan fingerprint density at radius 1 is 1.16 bits per heavy atom. The number of para-hydroxylation sites is 1. The lowest BCUT2D eigenvalue weighted by Crippen LogP contribution is -2.33. The minimum Gasteiger partial charge on any atom is -0.488 e. The van der Waals surface area contributed by atoms with E-state index in [9.17, 15) is 9.59 Å². The van der Waals surface area contributed by atoms with Gasteiger partial charge in [-0.3, -0.25) is 9.59 Å². The molecule has 0 aliphatic carbocycles. The molecular formula is C30H35NO4S2. The number of ether oxygens (including phenoxy) is 2. The summed E-state index contributed by atoms with van der Waals surface area (Å²) in [5.41, 5.74) is 2.61. The lowest BCUT2D eigenvalue weighted by Gasteiger charge is -2.32. The van der Waals surface area contributed by atoms with Crippen molar-refractivity contribution in [2.45, 2.75) is 64.5 Å². The number of rotatable bonds is 8. The third-order valence-corrected chi connectivity index (χ3v) is 9.30. The summed E-state index contributed by atoms with van der Waals surface area (Å²) >= 11 is 3.18. The molecule has 0 spiro atoms. The van der Waals surface area contributed by atoms with E-state index in [1.165, 1.54) is 29.6 Å². The fourth-order valence-electron chi connectivity index (χ4n) is 4.80. The Hall–Kier alpha value is -2.61. The average molecular weight is 538 g/mol. The number of ketones is 1. The van der Waals surface area contributed by atoms with Gasteiger partial charge in [-0.1, -0.05) is 37.3 Å². The number of hydrogen-bond acceptors (Lipinski definition) is 7. The quantitative estimate of drug-likeness (QED) is 0.171. The van der Waals surface area contributed by atoms with Gasteiger partial charge in [-0.05, 0) is 87.0 Å². The van der Waals surface area contributed by atoms with Crippen LogP contribution in [0.15, 0.2) is 59.5 Å². The van der Waals surface area contributed by atoms with Crippen LogP contribution in [0.3, 0.4) is 0 Å². The van der Waals surface area contributed by atoms with E-state index in [0.29, 0.717) is 4.88 Å². The number of thiophene rings is 1. The van der Waals surface area contributed by atoms with Crippen molar-refractivity contribution < 1.29 is 19.1 Å². The number of esters is 1. The van der Waals surface area contributed by atoms with Gasteiger partial charge in [0.25, 0.3) is 0 Å². The summed E-state index contributed by atoms with van der Waals surface area (Å²) in [6, 6.07) is 18.5. The Morgan fingerprint density at radius 3 is 2.59 bits per heavy atom. The second kappa shape index (κ2) is 11.4. The molecule has 5 nitrogen and oxygen atoms in total. The van der Waals surface area contributed by atoms with E-state index in [1.54, 1.807) is 18.9 Å². The minimum absolute atomic E-state index is 0.0293. The topological polar surface area (TPSA) is 55.8 Å². The summed E-state index contributed by atoms with van der Waals surface area (Å²) < 4.78 is 13.9. The highest BCUT2D eigenvalue weighted by Crippen LogP contribution is 2.45. The number of Topliss-reactive ketones (excluding diaryl/α,β-unsaturated/α-hetero) is 1. The van der Waals surface area contributed by atoms with Gasteiger partial charge >= 0.3 is 5.97 Å². The summed E-state index contributed by atoms with van der Waals surface area (Å²) in [6.07, 6.45) is 1.04. The SMILES string of the molecule is CC[C@@H]1CN(Cc2cc(C(c3ccc(C(C)=O)s3)C(C)(C)C(=O)OC)ccc2C)Sc2ccccc2O1. The normalized spacial score (nSPS) is 16.9. The van der Waals surface area contributed by atoms with E-state index in [0.717, 1.165) is 40.6 Å². The molecule has 37 heavy (non-hydrogen) atoms. The van der Waals surface area contributed by atoms with Crippen molar-refractivity contribution in [1.82, 2.24) is 4.31 Å². The highest BCUT2D eigenvalue weighted by atomic mass is 32.2. The number of carbonyl (C=O) groups is 2. The predicted octanol–water partition coefficient (Wildman–Crippen LogP) is 7.27. The summed E-state index contributed by atoms with van der Waals surface area (Å²) in [5, 5.41) is 0. The molecule has 1 aliphatic rings. The van der Waals surface area contributed by atoms with Crippen molar-refractivity contribution in [3.8, 4) is 5.75 Å². The number of carbonyl (C=O) groups excluding carboxylic acids is 2. The molecule has 2 heterocycles. The average Bonchev–Trinajstić information content (AvgIpc) is 3.28. The first-order valence-corrected chi connectivity index (χ1v) is 14.2. The van der Waals surface area contributed by atoms with Gasteiger partial charge in [-0.15, -0.1) is 11.3 Å². The lowest BCUT2D eigenvalue weighted by atomic mass is 9.73. The predicted molar refractivity (Wildman–Crippen MR) is 151 cm³/mol. The first kappa shape index (κ1) is 27.4. The first-order chi connectivity index (χ1) is 17.6. The molecule has 3 aromatic rings. The van der Waals surface area contributed by atoms with Gasteiger partial charge in [0, 0.05) is 23.9 Å². The Morgan fingerprint density at radius 2 is 1.92 bits per heavy atom. The molecule has 1 unspecified atom stereocenters. The van der Waals surface area contributed by atoms with Crippen LogP contribution in [0.25, 0.3) is 0 Å². The molecule has 0 bridgehead atoms. The third-order valence-electron chi connectivity index (χ3n) is 6.98. The fourth-order valence-corrected chi connectivity index (χ4v) is 7.09. The van der Waals surface area contributed by atoms with Crippen LogP contribution in [0.1, 0.15) is 71.3 Å². The van der Waals surface area contributed by atoms with Crippen molar-refractivity contribution in [3.05, 3.63) is 81.0 Å². The minimum atomic E-state index is -0.822. The van der Waals surface area contributed by atoms with Gasteiger partial charge in [-0.2, -0.15) is 0 Å². The zero-order valence-electron chi connectivity index (χ0n) is 22.4. The van der Waals surface area contributed by atoms with E-state index in [2.05, 4.69) is 42.4 Å². The summed E-state index contributed by atoms with van der Waals surface area (Å²) in [7, 11) is 1.43. The Kier molecular flexibility index (Phi) is 8.46. The third kappa shape index (κ3) is 5.95. The second-order valence-corrected chi connectivity index (χ2v) is 12.4. The zero-order valence-corrected chi connectivity index (χ0v) is 24.0. The van der Waals surface area contributed by atoms with Crippen LogP contribution in [0, 0.1) is 12.3 Å². The zero-order chi connectivity index (χ0) is 26.7. The smallest absolute Gasteiger partial charge is 0.312 e. The fraction of sp³-hybridized carbons (Fsp3) is 0.400. The highest BCUT2D eigenvalue weighted by Gasteiger charge is 2.41. The molecule has 7 heteroatoms. The second-order valence-electron chi connectivity index (χ2n) is 10.1. The van der Waals surface area contributed by atoms with Crippen LogP contribution in [0.5, 0.6) is 5.75 Å². The molecule has 0 amide bonds. The van der Waals surface area contributed by atoms with Crippen molar-refractivity contribution in [1.29, 1.82) is 0 Å². The molecule has 1 aromatic heterocycles. The Labute approximate surface area is 228 Å². The van der Waals surface area contributed by atoms with Crippen LogP contribution in [0.4, 0.5) is 0 Å². The van der Waals surface area contributed by atoms with Crippen molar-refractivity contribution in [2.75, 3.05) is 13.7 Å². The van der Waals surface area contributed by atoms with Gasteiger partial charge in [0.2, 0.25) is 0 Å². The molecule has 196 valence electrons.